The molecule has 1 aliphatic heterocycles. The van der Waals surface area contributed by atoms with E-state index in [1.165, 1.54) is 12.8 Å². The fraction of sp³-hybridized carbons (Fsp3) is 1.00. The minimum atomic E-state index is 0.554. The average Bonchev–Trinajstić information content (AvgIpc) is 1.92. The van der Waals surface area contributed by atoms with E-state index in [1.807, 2.05) is 13.8 Å². The second kappa shape index (κ2) is 4.73. The van der Waals surface area contributed by atoms with Crippen LogP contribution in [0.25, 0.3) is 0 Å². The summed E-state index contributed by atoms with van der Waals surface area (Å²) in [6, 6.07) is 0. The van der Waals surface area contributed by atoms with Crippen LogP contribution in [0.5, 0.6) is 0 Å². The topological polar surface area (TPSA) is 9.23 Å². The lowest BCUT2D eigenvalue weighted by Gasteiger charge is -2.28. The zero-order valence-corrected chi connectivity index (χ0v) is 7.74. The fourth-order valence-corrected chi connectivity index (χ4v) is 0.924. The predicted octanol–water partition coefficient (Wildman–Crippen LogP) is 2.85. The molecule has 1 heteroatoms. The molecule has 0 aromatic carbocycles. The SMILES string of the molecule is CC.CC1(C)CCOCC1. The van der Waals surface area contributed by atoms with Crippen LogP contribution >= 0.6 is 0 Å². The molecule has 0 radical (unpaired) electrons. The summed E-state index contributed by atoms with van der Waals surface area (Å²) in [7, 11) is 0. The molecule has 1 nitrogen and oxygen atoms in total. The zero-order valence-electron chi connectivity index (χ0n) is 7.74. The van der Waals surface area contributed by atoms with Gasteiger partial charge < -0.3 is 4.74 Å². The molecule has 1 rings (SSSR count). The van der Waals surface area contributed by atoms with Gasteiger partial charge in [-0.05, 0) is 18.3 Å². The highest BCUT2D eigenvalue weighted by Crippen LogP contribution is 2.27. The quantitative estimate of drug-likeness (QED) is 0.508. The lowest BCUT2D eigenvalue weighted by molar-refractivity contribution is 0.0327. The van der Waals surface area contributed by atoms with E-state index < -0.39 is 0 Å². The molecule has 0 atom stereocenters. The van der Waals surface area contributed by atoms with E-state index in [4.69, 9.17) is 4.74 Å². The molecule has 1 saturated heterocycles. The van der Waals surface area contributed by atoms with Crippen LogP contribution in [0.2, 0.25) is 0 Å². The van der Waals surface area contributed by atoms with Gasteiger partial charge in [0, 0.05) is 13.2 Å². The maximum atomic E-state index is 5.21. The Hall–Kier alpha value is -0.0400. The van der Waals surface area contributed by atoms with Crippen LogP contribution in [0.15, 0.2) is 0 Å². The maximum absolute atomic E-state index is 5.21. The van der Waals surface area contributed by atoms with E-state index in [0.717, 1.165) is 13.2 Å². The minimum Gasteiger partial charge on any atom is -0.381 e. The molecule has 10 heavy (non-hydrogen) atoms. The van der Waals surface area contributed by atoms with Crippen LogP contribution in [0.4, 0.5) is 0 Å². The van der Waals surface area contributed by atoms with Gasteiger partial charge >= 0.3 is 0 Å². The van der Waals surface area contributed by atoms with Crippen LogP contribution in [-0.4, -0.2) is 13.2 Å². The van der Waals surface area contributed by atoms with Gasteiger partial charge in [-0.3, -0.25) is 0 Å². The number of ether oxygens (including phenoxy) is 1. The summed E-state index contributed by atoms with van der Waals surface area (Å²) in [6.07, 6.45) is 2.46. The van der Waals surface area contributed by atoms with Crippen molar-refractivity contribution in [3.63, 3.8) is 0 Å². The first-order valence-electron chi connectivity index (χ1n) is 4.28. The first-order chi connectivity index (χ1) is 4.71. The molecule has 1 fully saturated rings. The third-order valence-corrected chi connectivity index (χ3v) is 1.85. The Morgan fingerprint density at radius 2 is 1.40 bits per heavy atom. The van der Waals surface area contributed by atoms with E-state index in [1.54, 1.807) is 0 Å². The van der Waals surface area contributed by atoms with Crippen molar-refractivity contribution >= 4 is 0 Å². The molecule has 0 amide bonds. The van der Waals surface area contributed by atoms with Gasteiger partial charge in [0.1, 0.15) is 0 Å². The Balaban J connectivity index is 0.000000371. The van der Waals surface area contributed by atoms with Crippen molar-refractivity contribution in [2.75, 3.05) is 13.2 Å². The molecule has 0 aromatic heterocycles. The number of hydrogen-bond acceptors (Lipinski definition) is 1. The van der Waals surface area contributed by atoms with Crippen molar-refractivity contribution < 1.29 is 4.74 Å². The van der Waals surface area contributed by atoms with Crippen molar-refractivity contribution in [1.29, 1.82) is 0 Å². The standard InChI is InChI=1S/C7H14O.C2H6/c1-7(2)3-5-8-6-4-7;1-2/h3-6H2,1-2H3;1-2H3. The van der Waals surface area contributed by atoms with Crippen LogP contribution < -0.4 is 0 Å². The van der Waals surface area contributed by atoms with Crippen molar-refractivity contribution in [2.24, 2.45) is 5.41 Å². The van der Waals surface area contributed by atoms with Gasteiger partial charge in [0.15, 0.2) is 0 Å². The van der Waals surface area contributed by atoms with Gasteiger partial charge in [0.2, 0.25) is 0 Å². The van der Waals surface area contributed by atoms with Crippen molar-refractivity contribution in [3.05, 3.63) is 0 Å². The van der Waals surface area contributed by atoms with Crippen molar-refractivity contribution in [2.45, 2.75) is 40.5 Å². The molecule has 0 saturated carbocycles. The molecular weight excluding hydrogens is 124 g/mol. The fourth-order valence-electron chi connectivity index (χ4n) is 0.924. The Labute approximate surface area is 64.8 Å². The summed E-state index contributed by atoms with van der Waals surface area (Å²) in [4.78, 5) is 0. The lowest BCUT2D eigenvalue weighted by atomic mass is 9.85. The molecule has 0 spiro atoms. The Bertz CT molecular complexity index is 68.8. The van der Waals surface area contributed by atoms with E-state index in [-0.39, 0.29) is 0 Å². The molecule has 0 unspecified atom stereocenters. The summed E-state index contributed by atoms with van der Waals surface area (Å²) in [5.74, 6) is 0. The van der Waals surface area contributed by atoms with E-state index in [9.17, 15) is 0 Å². The Morgan fingerprint density at radius 1 is 1.00 bits per heavy atom. The molecule has 1 aliphatic rings. The van der Waals surface area contributed by atoms with Crippen LogP contribution in [0, 0.1) is 5.41 Å². The first-order valence-corrected chi connectivity index (χ1v) is 4.28. The molecule has 0 aliphatic carbocycles. The second-order valence-corrected chi connectivity index (χ2v) is 3.28. The summed E-state index contributed by atoms with van der Waals surface area (Å²) in [5, 5.41) is 0. The average molecular weight is 144 g/mol. The van der Waals surface area contributed by atoms with Crippen LogP contribution in [0.1, 0.15) is 40.5 Å². The number of rotatable bonds is 0. The second-order valence-electron chi connectivity index (χ2n) is 3.28. The smallest absolute Gasteiger partial charge is 0.0471 e. The summed E-state index contributed by atoms with van der Waals surface area (Å²) >= 11 is 0. The van der Waals surface area contributed by atoms with Gasteiger partial charge in [-0.1, -0.05) is 27.7 Å². The highest BCUT2D eigenvalue weighted by Gasteiger charge is 2.20. The minimum absolute atomic E-state index is 0.554. The third-order valence-electron chi connectivity index (χ3n) is 1.85. The largest absolute Gasteiger partial charge is 0.381 e. The Kier molecular flexibility index (Phi) is 4.71. The van der Waals surface area contributed by atoms with E-state index >= 15 is 0 Å². The van der Waals surface area contributed by atoms with Gasteiger partial charge in [-0.15, -0.1) is 0 Å². The summed E-state index contributed by atoms with van der Waals surface area (Å²) in [6.45, 7) is 10.5. The van der Waals surface area contributed by atoms with Crippen molar-refractivity contribution in [3.8, 4) is 0 Å². The zero-order chi connectivity index (χ0) is 8.04. The van der Waals surface area contributed by atoms with E-state index in [0.29, 0.717) is 5.41 Å². The Morgan fingerprint density at radius 3 is 1.60 bits per heavy atom. The van der Waals surface area contributed by atoms with Gasteiger partial charge in [-0.2, -0.15) is 0 Å². The maximum Gasteiger partial charge on any atom is 0.0471 e. The van der Waals surface area contributed by atoms with Gasteiger partial charge in [-0.25, -0.2) is 0 Å². The monoisotopic (exact) mass is 144 g/mol. The highest BCUT2D eigenvalue weighted by atomic mass is 16.5. The van der Waals surface area contributed by atoms with Gasteiger partial charge in [0.25, 0.3) is 0 Å². The van der Waals surface area contributed by atoms with Crippen molar-refractivity contribution in [1.82, 2.24) is 0 Å². The molecule has 62 valence electrons. The molecule has 0 bridgehead atoms. The van der Waals surface area contributed by atoms with E-state index in [2.05, 4.69) is 13.8 Å². The molecule has 0 N–H and O–H groups in total. The van der Waals surface area contributed by atoms with Crippen LogP contribution in [-0.2, 0) is 4.74 Å². The summed E-state index contributed by atoms with van der Waals surface area (Å²) in [5.41, 5.74) is 0.554. The number of hydrogen-bond donors (Lipinski definition) is 0. The predicted molar refractivity (Wildman–Crippen MR) is 45.2 cm³/mol. The molecular formula is C9H20O. The molecule has 0 aromatic rings. The normalized spacial score (nSPS) is 22.8. The first kappa shape index (κ1) is 9.96. The van der Waals surface area contributed by atoms with Gasteiger partial charge in [0.05, 0.1) is 0 Å². The lowest BCUT2D eigenvalue weighted by Crippen LogP contribution is -2.22. The molecule has 1 heterocycles. The third kappa shape index (κ3) is 3.89. The summed E-state index contributed by atoms with van der Waals surface area (Å²) < 4.78 is 5.21. The van der Waals surface area contributed by atoms with Crippen LogP contribution in [0.3, 0.4) is 0 Å². The highest BCUT2D eigenvalue weighted by molar-refractivity contribution is 4.70.